The average Bonchev–Trinajstić information content (AvgIpc) is 2.48. The van der Waals surface area contributed by atoms with Crippen LogP contribution in [0.15, 0.2) is 0 Å². The molecule has 0 aliphatic rings. The molecule has 0 spiro atoms. The van der Waals surface area contributed by atoms with Gasteiger partial charge in [-0.15, -0.1) is 0 Å². The lowest BCUT2D eigenvalue weighted by Gasteiger charge is -2.26. The van der Waals surface area contributed by atoms with Gasteiger partial charge >= 0.3 is 24.3 Å². The van der Waals surface area contributed by atoms with E-state index >= 15 is 0 Å². The fourth-order valence-corrected chi connectivity index (χ4v) is 1.55. The quantitative estimate of drug-likeness (QED) is 0.338. The van der Waals surface area contributed by atoms with E-state index in [-0.39, 0.29) is 13.0 Å². The minimum Gasteiger partial charge on any atom is -0.464 e. The number of hydrogen-bond acceptors (Lipinski definition) is 5. The van der Waals surface area contributed by atoms with Gasteiger partial charge in [0.2, 0.25) is 6.10 Å². The van der Waals surface area contributed by atoms with Crippen LogP contribution in [0.2, 0.25) is 0 Å². The molecule has 1 unspecified atom stereocenters. The molecular weight excluding hydrogens is 374 g/mol. The van der Waals surface area contributed by atoms with E-state index in [4.69, 9.17) is 4.74 Å². The van der Waals surface area contributed by atoms with Crippen molar-refractivity contribution in [1.29, 1.82) is 0 Å². The van der Waals surface area contributed by atoms with Crippen molar-refractivity contribution in [1.82, 2.24) is 0 Å². The molecule has 5 nitrogen and oxygen atoms in total. The van der Waals surface area contributed by atoms with Crippen molar-refractivity contribution in [2.24, 2.45) is 11.3 Å². The summed E-state index contributed by atoms with van der Waals surface area (Å²) >= 11 is 0. The van der Waals surface area contributed by atoms with Gasteiger partial charge in [-0.05, 0) is 13.3 Å². The van der Waals surface area contributed by atoms with Gasteiger partial charge in [-0.2, -0.15) is 26.3 Å². The molecule has 26 heavy (non-hydrogen) atoms. The van der Waals surface area contributed by atoms with E-state index in [0.29, 0.717) is 0 Å². The largest absolute Gasteiger partial charge is 0.464 e. The SMILES string of the molecule is CCC(C)(COC(=O)C(C)C)C(=O)OCCOC(C(F)(F)F)C(F)(F)F. The zero-order chi connectivity index (χ0) is 20.8. The zero-order valence-corrected chi connectivity index (χ0v) is 14.8. The second kappa shape index (κ2) is 9.43. The predicted molar refractivity (Wildman–Crippen MR) is 77.0 cm³/mol. The van der Waals surface area contributed by atoms with Gasteiger partial charge in [-0.3, -0.25) is 9.59 Å². The maximum absolute atomic E-state index is 12.3. The first-order valence-electron chi connectivity index (χ1n) is 7.74. The monoisotopic (exact) mass is 396 g/mol. The van der Waals surface area contributed by atoms with E-state index in [1.54, 1.807) is 20.8 Å². The molecule has 0 rings (SSSR count). The summed E-state index contributed by atoms with van der Waals surface area (Å²) in [4.78, 5) is 23.4. The third-order valence-corrected chi connectivity index (χ3v) is 3.47. The Bertz CT molecular complexity index is 460. The zero-order valence-electron chi connectivity index (χ0n) is 14.8. The van der Waals surface area contributed by atoms with Crippen LogP contribution in [0.1, 0.15) is 34.1 Å². The van der Waals surface area contributed by atoms with Crippen LogP contribution in [0, 0.1) is 11.3 Å². The number of hydrogen-bond donors (Lipinski definition) is 0. The summed E-state index contributed by atoms with van der Waals surface area (Å²) in [5, 5.41) is 0. The Morgan fingerprint density at radius 1 is 0.923 bits per heavy atom. The molecule has 0 aromatic heterocycles. The molecule has 0 amide bonds. The lowest BCUT2D eigenvalue weighted by molar-refractivity contribution is -0.322. The first-order valence-corrected chi connectivity index (χ1v) is 7.74. The summed E-state index contributed by atoms with van der Waals surface area (Å²) in [5.74, 6) is -1.91. The number of rotatable bonds is 9. The van der Waals surface area contributed by atoms with Gasteiger partial charge in [0, 0.05) is 0 Å². The van der Waals surface area contributed by atoms with Gasteiger partial charge in [0.05, 0.1) is 17.9 Å². The Labute approximate surface area is 147 Å². The number of ether oxygens (including phenoxy) is 3. The highest BCUT2D eigenvalue weighted by molar-refractivity contribution is 5.77. The Morgan fingerprint density at radius 3 is 1.81 bits per heavy atom. The number of halogens is 6. The van der Waals surface area contributed by atoms with Crippen molar-refractivity contribution >= 4 is 11.9 Å². The summed E-state index contributed by atoms with van der Waals surface area (Å²) in [6.07, 6.45) is -15.1. The van der Waals surface area contributed by atoms with E-state index in [9.17, 15) is 35.9 Å². The second-order valence-electron chi connectivity index (χ2n) is 6.15. The third-order valence-electron chi connectivity index (χ3n) is 3.47. The lowest BCUT2D eigenvalue weighted by atomic mass is 9.89. The molecule has 0 bridgehead atoms. The van der Waals surface area contributed by atoms with E-state index in [1.807, 2.05) is 0 Å². The van der Waals surface area contributed by atoms with Crippen LogP contribution < -0.4 is 0 Å². The first-order chi connectivity index (χ1) is 11.6. The molecule has 0 aromatic carbocycles. The van der Waals surface area contributed by atoms with Crippen molar-refractivity contribution < 1.29 is 50.1 Å². The third kappa shape index (κ3) is 7.79. The summed E-state index contributed by atoms with van der Waals surface area (Å²) in [6, 6.07) is 0. The van der Waals surface area contributed by atoms with E-state index in [2.05, 4.69) is 9.47 Å². The fourth-order valence-electron chi connectivity index (χ4n) is 1.55. The smallest absolute Gasteiger partial charge is 0.423 e. The Hall–Kier alpha value is -1.52. The minimum absolute atomic E-state index is 0.172. The van der Waals surface area contributed by atoms with Crippen LogP contribution >= 0.6 is 0 Å². The van der Waals surface area contributed by atoms with Crippen molar-refractivity contribution in [2.75, 3.05) is 19.8 Å². The van der Waals surface area contributed by atoms with Gasteiger partial charge in [0.15, 0.2) is 0 Å². The van der Waals surface area contributed by atoms with Crippen LogP contribution in [0.4, 0.5) is 26.3 Å². The van der Waals surface area contributed by atoms with Crippen LogP contribution in [0.25, 0.3) is 0 Å². The van der Waals surface area contributed by atoms with Crippen LogP contribution in [-0.4, -0.2) is 50.2 Å². The minimum atomic E-state index is -5.63. The molecule has 0 heterocycles. The summed E-state index contributed by atoms with van der Waals surface area (Å²) in [5.41, 5.74) is -1.28. The van der Waals surface area contributed by atoms with Gasteiger partial charge in [0.1, 0.15) is 13.2 Å². The van der Waals surface area contributed by atoms with Gasteiger partial charge < -0.3 is 14.2 Å². The lowest BCUT2D eigenvalue weighted by Crippen LogP contribution is -2.45. The van der Waals surface area contributed by atoms with Gasteiger partial charge in [-0.25, -0.2) is 0 Å². The normalized spacial score (nSPS) is 15.1. The van der Waals surface area contributed by atoms with Crippen molar-refractivity contribution in [3.8, 4) is 0 Å². The molecule has 0 radical (unpaired) electrons. The molecule has 0 saturated carbocycles. The Morgan fingerprint density at radius 2 is 1.42 bits per heavy atom. The van der Waals surface area contributed by atoms with E-state index < -0.39 is 54.9 Å². The average molecular weight is 396 g/mol. The van der Waals surface area contributed by atoms with Crippen molar-refractivity contribution in [2.45, 2.75) is 52.6 Å². The molecule has 0 fully saturated rings. The maximum atomic E-state index is 12.3. The first kappa shape index (κ1) is 24.5. The number of carbonyl (C=O) groups excluding carboxylic acids is 2. The van der Waals surface area contributed by atoms with Crippen LogP contribution in [-0.2, 0) is 23.8 Å². The van der Waals surface area contributed by atoms with Crippen molar-refractivity contribution in [3.05, 3.63) is 0 Å². The molecule has 0 aromatic rings. The maximum Gasteiger partial charge on any atom is 0.423 e. The molecule has 1 atom stereocenters. The molecule has 11 heteroatoms. The number of alkyl halides is 6. The Balaban J connectivity index is 4.60. The summed E-state index contributed by atoms with van der Waals surface area (Å²) < 4.78 is 87.1. The highest BCUT2D eigenvalue weighted by Gasteiger charge is 2.57. The molecule has 0 N–H and O–H groups in total. The Kier molecular flexibility index (Phi) is 8.87. The summed E-state index contributed by atoms with van der Waals surface area (Å²) in [7, 11) is 0. The fraction of sp³-hybridized carbons (Fsp3) is 0.867. The second-order valence-corrected chi connectivity index (χ2v) is 6.15. The predicted octanol–water partition coefficient (Wildman–Crippen LogP) is 3.65. The topological polar surface area (TPSA) is 61.8 Å². The summed E-state index contributed by atoms with van der Waals surface area (Å²) in [6.45, 7) is 3.92. The van der Waals surface area contributed by atoms with E-state index in [1.165, 1.54) is 6.92 Å². The van der Waals surface area contributed by atoms with Crippen molar-refractivity contribution in [3.63, 3.8) is 0 Å². The van der Waals surface area contributed by atoms with Gasteiger partial charge in [0.25, 0.3) is 0 Å². The van der Waals surface area contributed by atoms with Gasteiger partial charge in [-0.1, -0.05) is 20.8 Å². The van der Waals surface area contributed by atoms with E-state index in [0.717, 1.165) is 0 Å². The molecular formula is C15H22F6O5. The van der Waals surface area contributed by atoms with Crippen LogP contribution in [0.3, 0.4) is 0 Å². The molecule has 0 saturated heterocycles. The molecule has 0 aliphatic heterocycles. The molecule has 0 aliphatic carbocycles. The number of carbonyl (C=O) groups is 2. The van der Waals surface area contributed by atoms with Crippen LogP contribution in [0.5, 0.6) is 0 Å². The highest BCUT2D eigenvalue weighted by atomic mass is 19.4. The highest BCUT2D eigenvalue weighted by Crippen LogP contribution is 2.35. The standard InChI is InChI=1S/C15H22F6O5/c1-5-13(4,8-26-10(22)9(2)3)12(23)25-7-6-24-11(14(16,17)18)15(19,20)21/h9,11H,5-8H2,1-4H3. The molecule has 154 valence electrons. The number of esters is 2.